The number of aliphatic imine (C=N–C) groups is 1. The van der Waals surface area contributed by atoms with Crippen LogP contribution < -0.4 is 0 Å². The summed E-state index contributed by atoms with van der Waals surface area (Å²) in [5.74, 6) is 0.389. The molecular weight excluding hydrogens is 166 g/mol. The summed E-state index contributed by atoms with van der Waals surface area (Å²) in [6.45, 7) is 5.37. The lowest BCUT2D eigenvalue weighted by atomic mass is 10.4. The summed E-state index contributed by atoms with van der Waals surface area (Å²) in [5, 5.41) is 14.7. The minimum atomic E-state index is 0.389. The Morgan fingerprint density at radius 2 is 2.15 bits per heavy atom. The molecule has 66 valence electrons. The smallest absolute Gasteiger partial charge is 0.221 e. The van der Waals surface area contributed by atoms with Crippen molar-refractivity contribution in [3.8, 4) is 0 Å². The molecule has 13 heavy (non-hydrogen) atoms. The van der Waals surface area contributed by atoms with Gasteiger partial charge in [0.25, 0.3) is 0 Å². The molecule has 0 aliphatic heterocycles. The molecule has 0 radical (unpaired) electrons. The summed E-state index contributed by atoms with van der Waals surface area (Å²) in [7, 11) is 0. The Hall–Kier alpha value is -1.91. The Balaban J connectivity index is 3.03. The molecule has 1 heterocycles. The normalized spacial score (nSPS) is 11.9. The maximum absolute atomic E-state index is 4.04. The lowest BCUT2D eigenvalue weighted by molar-refractivity contribution is 0.831. The Morgan fingerprint density at radius 3 is 2.69 bits per heavy atom. The second kappa shape index (κ2) is 4.87. The molecule has 0 saturated heterocycles. The van der Waals surface area contributed by atoms with Gasteiger partial charge >= 0.3 is 0 Å². The molecule has 0 aromatic carbocycles. The topological polar surface area (TPSA) is 63.9 Å². The van der Waals surface area contributed by atoms with E-state index in [0.717, 1.165) is 0 Å². The minimum Gasteiger partial charge on any atom is -0.257 e. The van der Waals surface area contributed by atoms with E-state index in [0.29, 0.717) is 11.5 Å². The van der Waals surface area contributed by atoms with Crippen LogP contribution in [0.5, 0.6) is 0 Å². The van der Waals surface area contributed by atoms with Gasteiger partial charge in [-0.25, -0.2) is 0 Å². The van der Waals surface area contributed by atoms with Crippen LogP contribution in [0.25, 0.3) is 5.70 Å². The predicted molar refractivity (Wildman–Crippen MR) is 50.0 cm³/mol. The first-order valence-corrected chi connectivity index (χ1v) is 3.70. The second-order valence-corrected chi connectivity index (χ2v) is 2.04. The van der Waals surface area contributed by atoms with Gasteiger partial charge in [0.05, 0.1) is 0 Å². The van der Waals surface area contributed by atoms with E-state index in [-0.39, 0.29) is 0 Å². The molecule has 1 rings (SSSR count). The average Bonchev–Trinajstić information content (AvgIpc) is 2.19. The molecule has 0 aliphatic rings. The first-order valence-electron chi connectivity index (χ1n) is 3.70. The van der Waals surface area contributed by atoms with E-state index in [4.69, 9.17) is 0 Å². The summed E-state index contributed by atoms with van der Waals surface area (Å²) in [6.07, 6.45) is 6.22. The summed E-state index contributed by atoms with van der Waals surface area (Å²) in [5.41, 5.74) is 0.595. The molecular formula is C8H9N5. The summed E-state index contributed by atoms with van der Waals surface area (Å²) in [4.78, 5) is 4.04. The first kappa shape index (κ1) is 9.18. The predicted octanol–water partition coefficient (Wildman–Crippen LogP) is 0.884. The Morgan fingerprint density at radius 1 is 1.46 bits per heavy atom. The zero-order valence-electron chi connectivity index (χ0n) is 7.25. The van der Waals surface area contributed by atoms with Crippen molar-refractivity contribution in [1.82, 2.24) is 20.4 Å². The first-order chi connectivity index (χ1) is 6.38. The van der Waals surface area contributed by atoms with Gasteiger partial charge < -0.3 is 0 Å². The van der Waals surface area contributed by atoms with Gasteiger partial charge in [-0.05, 0) is 13.0 Å². The molecule has 0 atom stereocenters. The van der Waals surface area contributed by atoms with Crippen LogP contribution in [0.15, 0.2) is 30.1 Å². The highest BCUT2D eigenvalue weighted by Gasteiger charge is 2.00. The number of hydrogen-bond acceptors (Lipinski definition) is 5. The third-order valence-corrected chi connectivity index (χ3v) is 1.18. The molecule has 0 unspecified atom stereocenters. The van der Waals surface area contributed by atoms with Crippen LogP contribution in [0.1, 0.15) is 12.7 Å². The van der Waals surface area contributed by atoms with Gasteiger partial charge in [-0.3, -0.25) is 4.99 Å². The van der Waals surface area contributed by atoms with Crippen LogP contribution in [0.4, 0.5) is 0 Å². The Bertz CT molecular complexity index is 328. The molecule has 0 fully saturated rings. The highest BCUT2D eigenvalue weighted by atomic mass is 15.3. The number of nitrogens with zero attached hydrogens (tertiary/aromatic N) is 5. The van der Waals surface area contributed by atoms with Crippen molar-refractivity contribution < 1.29 is 0 Å². The van der Waals surface area contributed by atoms with Crippen LogP contribution in [-0.4, -0.2) is 26.6 Å². The molecule has 0 saturated carbocycles. The summed E-state index contributed by atoms with van der Waals surface area (Å²) < 4.78 is 0. The average molecular weight is 175 g/mol. The van der Waals surface area contributed by atoms with Crippen molar-refractivity contribution in [3.63, 3.8) is 0 Å². The lowest BCUT2D eigenvalue weighted by Gasteiger charge is -1.94. The monoisotopic (exact) mass is 175 g/mol. The zero-order valence-corrected chi connectivity index (χ0v) is 7.25. The van der Waals surface area contributed by atoms with Gasteiger partial charge in [-0.1, -0.05) is 12.7 Å². The van der Waals surface area contributed by atoms with Crippen LogP contribution in [0.2, 0.25) is 0 Å². The Labute approximate surface area is 76.0 Å². The fourth-order valence-corrected chi connectivity index (χ4v) is 0.733. The number of aromatic nitrogens is 4. The molecule has 5 nitrogen and oxygen atoms in total. The molecule has 0 spiro atoms. The summed E-state index contributed by atoms with van der Waals surface area (Å²) in [6, 6.07) is 0. The molecule has 0 N–H and O–H groups in total. The van der Waals surface area contributed by atoms with Crippen molar-refractivity contribution in [1.29, 1.82) is 0 Å². The number of rotatable bonds is 3. The van der Waals surface area contributed by atoms with E-state index in [2.05, 4.69) is 32.0 Å². The highest BCUT2D eigenvalue weighted by molar-refractivity contribution is 5.70. The molecule has 5 heteroatoms. The zero-order chi connectivity index (χ0) is 9.52. The molecule has 0 amide bonds. The number of hydrogen-bond donors (Lipinski definition) is 0. The third kappa shape index (κ3) is 2.55. The van der Waals surface area contributed by atoms with E-state index in [1.165, 1.54) is 6.33 Å². The third-order valence-electron chi connectivity index (χ3n) is 1.18. The summed E-state index contributed by atoms with van der Waals surface area (Å²) >= 11 is 0. The van der Waals surface area contributed by atoms with Gasteiger partial charge in [0.2, 0.25) is 5.82 Å². The van der Waals surface area contributed by atoms with Crippen molar-refractivity contribution >= 4 is 11.9 Å². The van der Waals surface area contributed by atoms with E-state index in [1.54, 1.807) is 25.3 Å². The van der Waals surface area contributed by atoms with E-state index < -0.39 is 0 Å². The lowest BCUT2D eigenvalue weighted by Crippen LogP contribution is -1.96. The van der Waals surface area contributed by atoms with Gasteiger partial charge in [0.15, 0.2) is 6.33 Å². The van der Waals surface area contributed by atoms with Crippen molar-refractivity contribution in [2.45, 2.75) is 6.92 Å². The van der Waals surface area contributed by atoms with Crippen LogP contribution in [-0.2, 0) is 0 Å². The van der Waals surface area contributed by atoms with Crippen molar-refractivity contribution in [2.75, 3.05) is 0 Å². The SMILES string of the molecule is C=C/C=C(\N=CC)c1nncnn1. The standard InChI is InChI=1S/C8H9N5/c1-3-5-7(9-4-2)8-12-10-6-11-13-8/h3-6H,1H2,2H3/b7-5-,9-4?. The molecule has 1 aromatic rings. The van der Waals surface area contributed by atoms with Crippen LogP contribution in [0.3, 0.4) is 0 Å². The fourth-order valence-electron chi connectivity index (χ4n) is 0.733. The molecule has 1 aromatic heterocycles. The van der Waals surface area contributed by atoms with E-state index in [9.17, 15) is 0 Å². The molecule has 0 aliphatic carbocycles. The molecule has 0 bridgehead atoms. The maximum atomic E-state index is 4.04. The van der Waals surface area contributed by atoms with Gasteiger partial charge in [-0.15, -0.1) is 20.4 Å². The highest BCUT2D eigenvalue weighted by Crippen LogP contribution is 2.07. The Kier molecular flexibility index (Phi) is 3.44. The maximum Gasteiger partial charge on any atom is 0.221 e. The van der Waals surface area contributed by atoms with Crippen molar-refractivity contribution in [2.24, 2.45) is 4.99 Å². The van der Waals surface area contributed by atoms with E-state index >= 15 is 0 Å². The van der Waals surface area contributed by atoms with Gasteiger partial charge in [0.1, 0.15) is 5.70 Å². The number of allylic oxidation sites excluding steroid dienone is 2. The van der Waals surface area contributed by atoms with Gasteiger partial charge in [-0.2, -0.15) is 0 Å². The quantitative estimate of drug-likeness (QED) is 0.505. The van der Waals surface area contributed by atoms with Gasteiger partial charge in [0, 0.05) is 6.21 Å². The second-order valence-electron chi connectivity index (χ2n) is 2.04. The van der Waals surface area contributed by atoms with Crippen LogP contribution >= 0.6 is 0 Å². The van der Waals surface area contributed by atoms with Crippen molar-refractivity contribution in [3.05, 3.63) is 30.9 Å². The minimum absolute atomic E-state index is 0.389. The largest absolute Gasteiger partial charge is 0.257 e. The fraction of sp³-hybridized carbons (Fsp3) is 0.125. The van der Waals surface area contributed by atoms with E-state index in [1.807, 2.05) is 0 Å². The van der Waals surface area contributed by atoms with Crippen LogP contribution in [0, 0.1) is 0 Å².